The van der Waals surface area contributed by atoms with Crippen LogP contribution >= 0.6 is 15.9 Å². The van der Waals surface area contributed by atoms with Gasteiger partial charge in [-0.05, 0) is 37.3 Å². The molecule has 23 heavy (non-hydrogen) atoms. The van der Waals surface area contributed by atoms with E-state index in [-0.39, 0.29) is 34.3 Å². The Labute approximate surface area is 140 Å². The molecule has 0 aliphatic heterocycles. The average Bonchev–Trinajstić information content (AvgIpc) is 2.52. The number of allylic oxidation sites excluding steroid dienone is 2. The van der Waals surface area contributed by atoms with Crippen molar-refractivity contribution in [2.24, 2.45) is 0 Å². The minimum atomic E-state index is -0.345. The third-order valence-electron chi connectivity index (χ3n) is 3.44. The number of carbonyl (C=O) groups is 3. The average molecular weight is 371 g/mol. The quantitative estimate of drug-likeness (QED) is 0.837. The first-order valence-corrected chi connectivity index (χ1v) is 7.60. The van der Waals surface area contributed by atoms with Gasteiger partial charge in [0.2, 0.25) is 11.6 Å². The van der Waals surface area contributed by atoms with Gasteiger partial charge in [0.05, 0.1) is 16.9 Å². The third-order valence-corrected chi connectivity index (χ3v) is 3.93. The van der Waals surface area contributed by atoms with Crippen LogP contribution in [0.15, 0.2) is 52.8 Å². The highest BCUT2D eigenvalue weighted by atomic mass is 79.9. The topological polar surface area (TPSA) is 76.1 Å². The highest BCUT2D eigenvalue weighted by Crippen LogP contribution is 2.26. The normalized spacial score (nSPS) is 13.4. The van der Waals surface area contributed by atoms with Gasteiger partial charge in [0.25, 0.3) is 0 Å². The molecule has 0 spiro atoms. The van der Waals surface area contributed by atoms with Crippen molar-refractivity contribution in [2.75, 3.05) is 5.32 Å². The fraction of sp³-hybridized carbons (Fsp3) is 0.0588. The number of carbonyl (C=O) groups excluding carboxylic acids is 3. The van der Waals surface area contributed by atoms with Gasteiger partial charge in [0.1, 0.15) is 5.69 Å². The fourth-order valence-corrected chi connectivity index (χ4v) is 2.72. The molecular weight excluding hydrogens is 360 g/mol. The van der Waals surface area contributed by atoms with Crippen LogP contribution in [0.4, 0.5) is 5.69 Å². The maximum atomic E-state index is 12.5. The van der Waals surface area contributed by atoms with Gasteiger partial charge in [0.15, 0.2) is 5.78 Å². The van der Waals surface area contributed by atoms with Crippen LogP contribution < -0.4 is 5.32 Å². The van der Waals surface area contributed by atoms with Crippen molar-refractivity contribution in [3.05, 3.63) is 69.6 Å². The summed E-state index contributed by atoms with van der Waals surface area (Å²) in [6, 6.07) is 8.24. The molecule has 0 bridgehead atoms. The van der Waals surface area contributed by atoms with Crippen molar-refractivity contribution in [2.45, 2.75) is 6.92 Å². The van der Waals surface area contributed by atoms with E-state index in [1.165, 1.54) is 19.2 Å². The Morgan fingerprint density at radius 3 is 2.74 bits per heavy atom. The van der Waals surface area contributed by atoms with Crippen LogP contribution in [-0.4, -0.2) is 22.3 Å². The van der Waals surface area contributed by atoms with E-state index in [0.717, 1.165) is 4.47 Å². The van der Waals surface area contributed by atoms with Gasteiger partial charge in [-0.3, -0.25) is 19.4 Å². The number of ketones is 3. The first-order valence-electron chi connectivity index (χ1n) is 6.80. The molecule has 6 heteroatoms. The minimum Gasteiger partial charge on any atom is -0.352 e. The van der Waals surface area contributed by atoms with Crippen molar-refractivity contribution in [1.29, 1.82) is 0 Å². The van der Waals surface area contributed by atoms with Crippen LogP contribution in [0.5, 0.6) is 0 Å². The molecule has 3 rings (SSSR count). The number of nitrogens with one attached hydrogen (secondary N) is 1. The maximum Gasteiger partial charge on any atom is 0.211 e. The molecule has 0 atom stereocenters. The van der Waals surface area contributed by atoms with Crippen LogP contribution in [0.3, 0.4) is 0 Å². The zero-order valence-corrected chi connectivity index (χ0v) is 13.7. The number of aromatic nitrogens is 1. The molecule has 1 aliphatic rings. The summed E-state index contributed by atoms with van der Waals surface area (Å²) in [5, 5.41) is 2.90. The van der Waals surface area contributed by atoms with Crippen molar-refractivity contribution >= 4 is 39.0 Å². The summed E-state index contributed by atoms with van der Waals surface area (Å²) in [4.78, 5) is 40.3. The van der Waals surface area contributed by atoms with Crippen LogP contribution in [-0.2, 0) is 0 Å². The molecule has 1 heterocycles. The number of pyridine rings is 1. The van der Waals surface area contributed by atoms with Crippen LogP contribution in [0.25, 0.3) is 0 Å². The Hall–Kier alpha value is -2.60. The molecule has 0 fully saturated rings. The highest BCUT2D eigenvalue weighted by molar-refractivity contribution is 9.10. The maximum absolute atomic E-state index is 12.5. The zero-order chi connectivity index (χ0) is 16.6. The summed E-state index contributed by atoms with van der Waals surface area (Å²) in [5.41, 5.74) is 1.42. The monoisotopic (exact) mass is 370 g/mol. The van der Waals surface area contributed by atoms with Crippen molar-refractivity contribution < 1.29 is 14.4 Å². The summed E-state index contributed by atoms with van der Waals surface area (Å²) >= 11 is 3.33. The lowest BCUT2D eigenvalue weighted by molar-refractivity contribution is 0.0981. The molecule has 2 aromatic rings. The van der Waals surface area contributed by atoms with E-state index in [1.54, 1.807) is 30.3 Å². The lowest BCUT2D eigenvalue weighted by atomic mass is 9.96. The standard InChI is InChI=1S/C17H11BrN2O3/c1-9(21)11-5-4-10(18)7-13(11)20-14-8-15(22)16-12(17(14)23)3-2-6-19-16/h2-8,20H,1H3. The van der Waals surface area contributed by atoms with Crippen molar-refractivity contribution in [3.63, 3.8) is 0 Å². The predicted octanol–water partition coefficient (Wildman–Crippen LogP) is 3.42. The van der Waals surface area contributed by atoms with Gasteiger partial charge in [-0.2, -0.15) is 0 Å². The predicted molar refractivity (Wildman–Crippen MR) is 88.8 cm³/mol. The summed E-state index contributed by atoms with van der Waals surface area (Å²) in [6.45, 7) is 1.44. The second-order valence-electron chi connectivity index (χ2n) is 5.02. The van der Waals surface area contributed by atoms with Gasteiger partial charge in [0, 0.05) is 22.3 Å². The number of rotatable bonds is 3. The Morgan fingerprint density at radius 1 is 1.22 bits per heavy atom. The van der Waals surface area contributed by atoms with Gasteiger partial charge in [-0.25, -0.2) is 0 Å². The number of halogens is 1. The van der Waals surface area contributed by atoms with Gasteiger partial charge < -0.3 is 5.32 Å². The molecular formula is C17H11BrN2O3. The highest BCUT2D eigenvalue weighted by Gasteiger charge is 2.27. The summed E-state index contributed by atoms with van der Waals surface area (Å²) in [5.74, 6) is -0.818. The van der Waals surface area contributed by atoms with Crippen LogP contribution in [0.1, 0.15) is 38.1 Å². The second kappa shape index (κ2) is 5.89. The van der Waals surface area contributed by atoms with Gasteiger partial charge >= 0.3 is 0 Å². The van der Waals surface area contributed by atoms with Crippen molar-refractivity contribution in [1.82, 2.24) is 4.98 Å². The van der Waals surface area contributed by atoms with Crippen LogP contribution in [0.2, 0.25) is 0 Å². The molecule has 0 saturated heterocycles. The number of anilines is 1. The van der Waals surface area contributed by atoms with Gasteiger partial charge in [-0.15, -0.1) is 0 Å². The van der Waals surface area contributed by atoms with E-state index >= 15 is 0 Å². The van der Waals surface area contributed by atoms with Crippen molar-refractivity contribution in [3.8, 4) is 0 Å². The third kappa shape index (κ3) is 2.85. The molecule has 0 amide bonds. The molecule has 1 aliphatic carbocycles. The zero-order valence-electron chi connectivity index (χ0n) is 12.1. The summed E-state index contributed by atoms with van der Waals surface area (Å²) < 4.78 is 0.752. The smallest absolute Gasteiger partial charge is 0.211 e. The summed E-state index contributed by atoms with van der Waals surface area (Å²) in [7, 11) is 0. The van der Waals surface area contributed by atoms with Gasteiger partial charge in [-0.1, -0.05) is 15.9 Å². The second-order valence-corrected chi connectivity index (χ2v) is 5.94. The molecule has 1 N–H and O–H groups in total. The van der Waals surface area contributed by atoms with Crippen LogP contribution in [0, 0.1) is 0 Å². The van der Waals surface area contributed by atoms with E-state index in [1.807, 2.05) is 0 Å². The Bertz CT molecular complexity index is 887. The Morgan fingerprint density at radius 2 is 2.00 bits per heavy atom. The molecule has 0 saturated carbocycles. The van der Waals surface area contributed by atoms with E-state index in [0.29, 0.717) is 11.3 Å². The molecule has 1 aromatic carbocycles. The van der Waals surface area contributed by atoms with E-state index in [9.17, 15) is 14.4 Å². The number of fused-ring (bicyclic) bond motifs is 1. The van der Waals surface area contributed by atoms with E-state index in [2.05, 4.69) is 26.2 Å². The van der Waals surface area contributed by atoms with E-state index < -0.39 is 0 Å². The largest absolute Gasteiger partial charge is 0.352 e. The Kier molecular flexibility index (Phi) is 3.92. The Balaban J connectivity index is 2.02. The molecule has 114 valence electrons. The lowest BCUT2D eigenvalue weighted by Gasteiger charge is -2.17. The lowest BCUT2D eigenvalue weighted by Crippen LogP contribution is -2.23. The minimum absolute atomic E-state index is 0.121. The number of Topliss-reactive ketones (excluding diaryl/α,β-unsaturated/α-hetero) is 2. The number of benzene rings is 1. The number of hydrogen-bond acceptors (Lipinski definition) is 5. The SMILES string of the molecule is CC(=O)c1ccc(Br)cc1NC1=CC(=O)c2ncccc2C1=O. The fourth-order valence-electron chi connectivity index (χ4n) is 2.36. The van der Waals surface area contributed by atoms with E-state index in [4.69, 9.17) is 0 Å². The number of nitrogens with zero attached hydrogens (tertiary/aromatic N) is 1. The molecule has 5 nitrogen and oxygen atoms in total. The first kappa shape index (κ1) is 15.3. The molecule has 1 aromatic heterocycles. The molecule has 0 unspecified atom stereocenters. The first-order chi connectivity index (χ1) is 11.0. The summed E-state index contributed by atoms with van der Waals surface area (Å²) in [6.07, 6.45) is 2.68. The number of hydrogen-bond donors (Lipinski definition) is 1. The molecule has 0 radical (unpaired) electrons.